The van der Waals surface area contributed by atoms with E-state index in [9.17, 15) is 0 Å². The number of nitrogens with zero attached hydrogens (tertiary/aromatic N) is 3. The molecule has 0 aliphatic carbocycles. The molecule has 9 heavy (non-hydrogen) atoms. The SMILES string of the molecule is [N-]=[N+]=NCC1(O)COC1. The molecular weight excluding hydrogens is 122 g/mol. The summed E-state index contributed by atoms with van der Waals surface area (Å²) in [5.41, 5.74) is 6.99. The van der Waals surface area contributed by atoms with Gasteiger partial charge in [-0.05, 0) is 5.53 Å². The maximum absolute atomic E-state index is 9.15. The van der Waals surface area contributed by atoms with Gasteiger partial charge in [-0.1, -0.05) is 5.11 Å². The van der Waals surface area contributed by atoms with Gasteiger partial charge >= 0.3 is 0 Å². The van der Waals surface area contributed by atoms with Crippen molar-refractivity contribution >= 4 is 0 Å². The van der Waals surface area contributed by atoms with Crippen molar-refractivity contribution in [2.24, 2.45) is 5.11 Å². The quantitative estimate of drug-likeness (QED) is 0.325. The van der Waals surface area contributed by atoms with Crippen molar-refractivity contribution in [1.82, 2.24) is 0 Å². The molecule has 0 radical (unpaired) electrons. The minimum atomic E-state index is -0.869. The Hall–Kier alpha value is -0.770. The Bertz CT molecular complexity index is 148. The van der Waals surface area contributed by atoms with E-state index >= 15 is 0 Å². The van der Waals surface area contributed by atoms with Crippen LogP contribution < -0.4 is 0 Å². The Morgan fingerprint density at radius 2 is 2.44 bits per heavy atom. The van der Waals surface area contributed by atoms with E-state index in [1.807, 2.05) is 0 Å². The summed E-state index contributed by atoms with van der Waals surface area (Å²) in [4.78, 5) is 2.51. The van der Waals surface area contributed by atoms with Crippen molar-refractivity contribution < 1.29 is 9.84 Å². The van der Waals surface area contributed by atoms with Crippen molar-refractivity contribution in [3.8, 4) is 0 Å². The van der Waals surface area contributed by atoms with Crippen LogP contribution in [-0.2, 0) is 4.74 Å². The standard InChI is InChI=1S/C4H7N3O2/c5-7-6-1-4(8)2-9-3-4/h8H,1-3H2. The molecule has 1 aliphatic heterocycles. The fraction of sp³-hybridized carbons (Fsp3) is 1.00. The lowest BCUT2D eigenvalue weighted by atomic mass is 10.0. The molecule has 1 aliphatic rings. The molecule has 1 N–H and O–H groups in total. The second kappa shape index (κ2) is 2.23. The summed E-state index contributed by atoms with van der Waals surface area (Å²) in [6.07, 6.45) is 0. The molecule has 0 aromatic heterocycles. The highest BCUT2D eigenvalue weighted by molar-refractivity contribution is 4.87. The molecule has 1 saturated heterocycles. The van der Waals surface area contributed by atoms with Crippen LogP contribution in [0.1, 0.15) is 0 Å². The molecular formula is C4H7N3O2. The van der Waals surface area contributed by atoms with E-state index in [4.69, 9.17) is 15.4 Å². The first kappa shape index (κ1) is 6.35. The zero-order chi connectivity index (χ0) is 6.74. The van der Waals surface area contributed by atoms with Gasteiger partial charge in [0, 0.05) is 4.91 Å². The molecule has 5 nitrogen and oxygen atoms in total. The van der Waals surface area contributed by atoms with Crippen molar-refractivity contribution in [1.29, 1.82) is 0 Å². The molecule has 0 amide bonds. The summed E-state index contributed by atoms with van der Waals surface area (Å²) < 4.78 is 4.70. The van der Waals surface area contributed by atoms with Gasteiger partial charge in [0.1, 0.15) is 5.60 Å². The van der Waals surface area contributed by atoms with Gasteiger partial charge in [-0.2, -0.15) is 0 Å². The molecule has 0 atom stereocenters. The Balaban J connectivity index is 2.32. The van der Waals surface area contributed by atoms with Crippen molar-refractivity contribution in [3.63, 3.8) is 0 Å². The maximum Gasteiger partial charge on any atom is 0.117 e. The average molecular weight is 129 g/mol. The summed E-state index contributed by atoms with van der Waals surface area (Å²) in [6, 6.07) is 0. The molecule has 1 heterocycles. The van der Waals surface area contributed by atoms with Crippen LogP contribution in [0.15, 0.2) is 5.11 Å². The third-order valence-corrected chi connectivity index (χ3v) is 1.17. The van der Waals surface area contributed by atoms with Gasteiger partial charge in [-0.25, -0.2) is 0 Å². The third kappa shape index (κ3) is 1.32. The van der Waals surface area contributed by atoms with E-state index in [1.165, 1.54) is 0 Å². The van der Waals surface area contributed by atoms with E-state index in [0.29, 0.717) is 0 Å². The Morgan fingerprint density at radius 1 is 1.78 bits per heavy atom. The highest BCUT2D eigenvalue weighted by atomic mass is 16.5. The predicted molar refractivity (Wildman–Crippen MR) is 29.8 cm³/mol. The molecule has 0 unspecified atom stereocenters. The van der Waals surface area contributed by atoms with E-state index < -0.39 is 5.60 Å². The van der Waals surface area contributed by atoms with Crippen molar-refractivity contribution in [2.45, 2.75) is 5.60 Å². The molecule has 0 spiro atoms. The van der Waals surface area contributed by atoms with E-state index in [-0.39, 0.29) is 19.8 Å². The number of aliphatic hydroxyl groups is 1. The van der Waals surface area contributed by atoms with Crippen LogP contribution in [0.2, 0.25) is 0 Å². The zero-order valence-electron chi connectivity index (χ0n) is 4.82. The van der Waals surface area contributed by atoms with Crippen LogP contribution >= 0.6 is 0 Å². The first-order valence-electron chi connectivity index (χ1n) is 2.58. The molecule has 5 heteroatoms. The van der Waals surface area contributed by atoms with Crippen LogP contribution in [0.5, 0.6) is 0 Å². The van der Waals surface area contributed by atoms with Crippen LogP contribution in [0.3, 0.4) is 0 Å². The van der Waals surface area contributed by atoms with Gasteiger partial charge in [-0.3, -0.25) is 0 Å². The second-order valence-electron chi connectivity index (χ2n) is 2.11. The second-order valence-corrected chi connectivity index (χ2v) is 2.11. The van der Waals surface area contributed by atoms with E-state index in [2.05, 4.69) is 10.0 Å². The summed E-state index contributed by atoms with van der Waals surface area (Å²) in [7, 11) is 0. The fourth-order valence-corrected chi connectivity index (χ4v) is 0.592. The third-order valence-electron chi connectivity index (χ3n) is 1.17. The average Bonchev–Trinajstić information content (AvgIpc) is 1.79. The zero-order valence-corrected chi connectivity index (χ0v) is 4.82. The van der Waals surface area contributed by atoms with Crippen LogP contribution in [0.4, 0.5) is 0 Å². The van der Waals surface area contributed by atoms with Gasteiger partial charge in [-0.15, -0.1) is 0 Å². The molecule has 0 saturated carbocycles. The Labute approximate surface area is 51.9 Å². The number of hydrogen-bond acceptors (Lipinski definition) is 3. The molecule has 0 aromatic carbocycles. The lowest BCUT2D eigenvalue weighted by molar-refractivity contribution is -0.170. The topological polar surface area (TPSA) is 78.2 Å². The first-order chi connectivity index (χ1) is 4.27. The minimum Gasteiger partial charge on any atom is -0.385 e. The lowest BCUT2D eigenvalue weighted by Crippen LogP contribution is -2.51. The molecule has 50 valence electrons. The monoisotopic (exact) mass is 129 g/mol. The van der Waals surface area contributed by atoms with Crippen LogP contribution in [0.25, 0.3) is 10.4 Å². The summed E-state index contributed by atoms with van der Waals surface area (Å²) >= 11 is 0. The van der Waals surface area contributed by atoms with Crippen LogP contribution in [-0.4, -0.2) is 30.5 Å². The number of ether oxygens (including phenoxy) is 1. The highest BCUT2D eigenvalue weighted by Crippen LogP contribution is 2.16. The van der Waals surface area contributed by atoms with Gasteiger partial charge in [0.2, 0.25) is 0 Å². The van der Waals surface area contributed by atoms with Crippen molar-refractivity contribution in [2.75, 3.05) is 19.8 Å². The van der Waals surface area contributed by atoms with E-state index in [0.717, 1.165) is 0 Å². The number of azide groups is 1. The molecule has 0 aromatic rings. The summed E-state index contributed by atoms with van der Waals surface area (Å²) in [5, 5.41) is 12.4. The first-order valence-corrected chi connectivity index (χ1v) is 2.58. The lowest BCUT2D eigenvalue weighted by Gasteiger charge is -2.34. The maximum atomic E-state index is 9.15. The van der Waals surface area contributed by atoms with Gasteiger partial charge in [0.15, 0.2) is 0 Å². The van der Waals surface area contributed by atoms with Gasteiger partial charge in [0.25, 0.3) is 0 Å². The van der Waals surface area contributed by atoms with Gasteiger partial charge in [0.05, 0.1) is 19.8 Å². The normalized spacial score (nSPS) is 21.9. The van der Waals surface area contributed by atoms with E-state index in [1.54, 1.807) is 0 Å². The smallest absolute Gasteiger partial charge is 0.117 e. The number of rotatable bonds is 2. The summed E-state index contributed by atoms with van der Waals surface area (Å²) in [5.74, 6) is 0. The van der Waals surface area contributed by atoms with Crippen LogP contribution in [0, 0.1) is 0 Å². The van der Waals surface area contributed by atoms with Gasteiger partial charge < -0.3 is 9.84 Å². The molecule has 0 bridgehead atoms. The molecule has 1 rings (SSSR count). The highest BCUT2D eigenvalue weighted by Gasteiger charge is 2.34. The molecule has 1 fully saturated rings. The predicted octanol–water partition coefficient (Wildman–Crippen LogP) is 0.0580. The number of hydrogen-bond donors (Lipinski definition) is 1. The largest absolute Gasteiger partial charge is 0.385 e. The Kier molecular flexibility index (Phi) is 1.57. The Morgan fingerprint density at radius 3 is 2.78 bits per heavy atom. The fourth-order valence-electron chi connectivity index (χ4n) is 0.592. The van der Waals surface area contributed by atoms with Crippen molar-refractivity contribution in [3.05, 3.63) is 10.4 Å². The minimum absolute atomic E-state index is 0.115. The summed E-state index contributed by atoms with van der Waals surface area (Å²) in [6.45, 7) is 0.682.